The zero-order valence-electron chi connectivity index (χ0n) is 10.9. The van der Waals surface area contributed by atoms with E-state index in [1.807, 2.05) is 0 Å². The first-order valence-corrected chi connectivity index (χ1v) is 6.14. The molecule has 5 heteroatoms. The molecular formula is C14H16F2O3. The number of ether oxygens (including phenoxy) is 1. The molecule has 2 atom stereocenters. The predicted octanol–water partition coefficient (Wildman–Crippen LogP) is 2.23. The minimum atomic E-state index is -1.08. The van der Waals surface area contributed by atoms with Gasteiger partial charge in [0.05, 0.1) is 18.6 Å². The number of hydrogen-bond acceptors (Lipinski definition) is 3. The van der Waals surface area contributed by atoms with Crippen molar-refractivity contribution in [2.24, 2.45) is 0 Å². The second-order valence-corrected chi connectivity index (χ2v) is 5.00. The zero-order valence-corrected chi connectivity index (χ0v) is 10.9. The van der Waals surface area contributed by atoms with Crippen LogP contribution >= 0.6 is 0 Å². The third-order valence-electron chi connectivity index (χ3n) is 3.92. The summed E-state index contributed by atoms with van der Waals surface area (Å²) in [6.07, 6.45) is 0.345. The van der Waals surface area contributed by atoms with Crippen molar-refractivity contribution < 1.29 is 23.4 Å². The number of benzene rings is 1. The Kier molecular flexibility index (Phi) is 3.58. The molecule has 19 heavy (non-hydrogen) atoms. The van der Waals surface area contributed by atoms with E-state index in [1.165, 1.54) is 20.1 Å². The van der Waals surface area contributed by atoms with Gasteiger partial charge in [-0.25, -0.2) is 8.78 Å². The first-order chi connectivity index (χ1) is 8.92. The van der Waals surface area contributed by atoms with Gasteiger partial charge in [0.25, 0.3) is 0 Å². The van der Waals surface area contributed by atoms with Crippen molar-refractivity contribution in [3.8, 4) is 0 Å². The van der Waals surface area contributed by atoms with Crippen molar-refractivity contribution in [3.63, 3.8) is 0 Å². The van der Waals surface area contributed by atoms with Gasteiger partial charge in [0, 0.05) is 0 Å². The molecule has 104 valence electrons. The average Bonchev–Trinajstić information content (AvgIpc) is 2.78. The third kappa shape index (κ3) is 2.12. The maximum Gasteiger partial charge on any atom is 0.316 e. The van der Waals surface area contributed by atoms with Gasteiger partial charge in [-0.2, -0.15) is 0 Å². The second kappa shape index (κ2) is 4.89. The Morgan fingerprint density at radius 2 is 2.16 bits per heavy atom. The molecule has 0 radical (unpaired) electrons. The van der Waals surface area contributed by atoms with E-state index in [4.69, 9.17) is 4.74 Å². The highest BCUT2D eigenvalue weighted by atomic mass is 19.2. The molecule has 2 rings (SSSR count). The molecule has 0 aromatic heterocycles. The van der Waals surface area contributed by atoms with E-state index in [0.717, 1.165) is 6.07 Å². The molecule has 0 heterocycles. The minimum Gasteiger partial charge on any atom is -0.468 e. The summed E-state index contributed by atoms with van der Waals surface area (Å²) in [4.78, 5) is 12.1. The van der Waals surface area contributed by atoms with Crippen LogP contribution < -0.4 is 0 Å². The number of rotatable bonds is 2. The number of methoxy groups -OCH3 is 1. The number of hydrogen-bond donors (Lipinski definition) is 1. The quantitative estimate of drug-likeness (QED) is 0.838. The Morgan fingerprint density at radius 1 is 1.47 bits per heavy atom. The Bertz CT molecular complexity index is 516. The lowest BCUT2D eigenvalue weighted by Gasteiger charge is -2.28. The standard InChI is InChI=1S/C14H16F2O3/c1-8-10(3-4-11(15)12(8)16)14(13(18)19-2)6-5-9(17)7-14/h3-4,9,17H,5-7H2,1-2H3/t9?,14-/m0/s1. The fourth-order valence-electron chi connectivity index (χ4n) is 2.93. The van der Waals surface area contributed by atoms with Crippen molar-refractivity contribution in [3.05, 3.63) is 34.9 Å². The molecule has 1 N–H and O–H groups in total. The van der Waals surface area contributed by atoms with Crippen molar-refractivity contribution in [2.75, 3.05) is 7.11 Å². The maximum atomic E-state index is 13.7. The molecule has 1 aliphatic rings. The van der Waals surface area contributed by atoms with Crippen molar-refractivity contribution >= 4 is 5.97 Å². The van der Waals surface area contributed by atoms with E-state index >= 15 is 0 Å². The van der Waals surface area contributed by atoms with Gasteiger partial charge in [-0.3, -0.25) is 4.79 Å². The average molecular weight is 270 g/mol. The molecule has 1 saturated carbocycles. The van der Waals surface area contributed by atoms with Crippen LogP contribution in [0.3, 0.4) is 0 Å². The van der Waals surface area contributed by atoms with Crippen LogP contribution in [-0.4, -0.2) is 24.3 Å². The molecule has 1 unspecified atom stereocenters. The van der Waals surface area contributed by atoms with Crippen LogP contribution in [0.15, 0.2) is 12.1 Å². The van der Waals surface area contributed by atoms with Gasteiger partial charge in [0.2, 0.25) is 0 Å². The lowest BCUT2D eigenvalue weighted by Crippen LogP contribution is -2.36. The molecule has 1 aromatic rings. The van der Waals surface area contributed by atoms with Crippen LogP contribution in [0.2, 0.25) is 0 Å². The molecule has 1 aliphatic carbocycles. The number of aliphatic hydroxyl groups excluding tert-OH is 1. The van der Waals surface area contributed by atoms with E-state index in [0.29, 0.717) is 18.4 Å². The van der Waals surface area contributed by atoms with E-state index in [2.05, 4.69) is 0 Å². The summed E-state index contributed by atoms with van der Waals surface area (Å²) in [5.41, 5.74) is -0.582. The van der Waals surface area contributed by atoms with Crippen LogP contribution in [-0.2, 0) is 14.9 Å². The Balaban J connectivity index is 2.57. The number of aliphatic hydroxyl groups is 1. The number of esters is 1. The SMILES string of the molecule is COC(=O)[C@@]1(c2ccc(F)c(F)c2C)CCC(O)C1. The van der Waals surface area contributed by atoms with Gasteiger partial charge in [0.1, 0.15) is 0 Å². The van der Waals surface area contributed by atoms with Gasteiger partial charge < -0.3 is 9.84 Å². The van der Waals surface area contributed by atoms with E-state index in [-0.39, 0.29) is 12.0 Å². The fraction of sp³-hybridized carbons (Fsp3) is 0.500. The van der Waals surface area contributed by atoms with Gasteiger partial charge in [-0.15, -0.1) is 0 Å². The van der Waals surface area contributed by atoms with Gasteiger partial charge in [0.15, 0.2) is 11.6 Å². The fourth-order valence-corrected chi connectivity index (χ4v) is 2.93. The summed E-state index contributed by atoms with van der Waals surface area (Å²) in [6.45, 7) is 1.43. The molecule has 0 spiro atoms. The van der Waals surface area contributed by atoms with Gasteiger partial charge in [-0.1, -0.05) is 6.07 Å². The van der Waals surface area contributed by atoms with E-state index < -0.39 is 29.1 Å². The summed E-state index contributed by atoms with van der Waals surface area (Å²) >= 11 is 0. The first kappa shape index (κ1) is 13.9. The Labute approximate surface area is 110 Å². The predicted molar refractivity (Wildman–Crippen MR) is 64.6 cm³/mol. The summed E-state index contributed by atoms with van der Waals surface area (Å²) in [5.74, 6) is -2.42. The summed E-state index contributed by atoms with van der Waals surface area (Å²) in [7, 11) is 1.25. The molecule has 1 aromatic carbocycles. The first-order valence-electron chi connectivity index (χ1n) is 6.14. The smallest absolute Gasteiger partial charge is 0.316 e. The van der Waals surface area contributed by atoms with E-state index in [9.17, 15) is 18.7 Å². The largest absolute Gasteiger partial charge is 0.468 e. The highest BCUT2D eigenvalue weighted by Gasteiger charge is 2.48. The van der Waals surface area contributed by atoms with E-state index in [1.54, 1.807) is 0 Å². The van der Waals surface area contributed by atoms with Crippen LogP contribution in [0, 0.1) is 18.6 Å². The molecule has 3 nitrogen and oxygen atoms in total. The minimum absolute atomic E-state index is 0.0968. The maximum absolute atomic E-state index is 13.7. The number of carbonyl (C=O) groups is 1. The normalized spacial score (nSPS) is 26.5. The highest BCUT2D eigenvalue weighted by Crippen LogP contribution is 2.44. The van der Waals surface area contributed by atoms with Crippen LogP contribution in [0.4, 0.5) is 8.78 Å². The van der Waals surface area contributed by atoms with Crippen LogP contribution in [0.1, 0.15) is 30.4 Å². The van der Waals surface area contributed by atoms with Crippen LogP contribution in [0.5, 0.6) is 0 Å². The van der Waals surface area contributed by atoms with Crippen molar-refractivity contribution in [2.45, 2.75) is 37.7 Å². The third-order valence-corrected chi connectivity index (χ3v) is 3.92. The number of carbonyl (C=O) groups excluding carboxylic acids is 1. The molecular weight excluding hydrogens is 254 g/mol. The molecule has 0 saturated heterocycles. The van der Waals surface area contributed by atoms with Crippen molar-refractivity contribution in [1.29, 1.82) is 0 Å². The topological polar surface area (TPSA) is 46.5 Å². The zero-order chi connectivity index (χ0) is 14.2. The lowest BCUT2D eigenvalue weighted by molar-refractivity contribution is -0.147. The van der Waals surface area contributed by atoms with Gasteiger partial charge >= 0.3 is 5.97 Å². The molecule has 1 fully saturated rings. The van der Waals surface area contributed by atoms with Gasteiger partial charge in [-0.05, 0) is 43.4 Å². The second-order valence-electron chi connectivity index (χ2n) is 5.00. The number of halogens is 2. The molecule has 0 amide bonds. The lowest BCUT2D eigenvalue weighted by atomic mass is 9.76. The molecule has 0 aliphatic heterocycles. The highest BCUT2D eigenvalue weighted by molar-refractivity contribution is 5.84. The van der Waals surface area contributed by atoms with Crippen LogP contribution in [0.25, 0.3) is 0 Å². The van der Waals surface area contributed by atoms with Crippen molar-refractivity contribution in [1.82, 2.24) is 0 Å². The molecule has 0 bridgehead atoms. The summed E-state index contributed by atoms with van der Waals surface area (Å²) < 4.78 is 31.7. The Morgan fingerprint density at radius 3 is 2.68 bits per heavy atom. The Hall–Kier alpha value is -1.49. The monoisotopic (exact) mass is 270 g/mol. The summed E-state index contributed by atoms with van der Waals surface area (Å²) in [5, 5.41) is 9.71. The summed E-state index contributed by atoms with van der Waals surface area (Å²) in [6, 6.07) is 2.41.